The molecule has 0 radical (unpaired) electrons. The van der Waals surface area contributed by atoms with E-state index in [1.807, 2.05) is 54.6 Å². The van der Waals surface area contributed by atoms with Gasteiger partial charge in [0.2, 0.25) is 0 Å². The van der Waals surface area contributed by atoms with Crippen LogP contribution in [0, 0.1) is 0 Å². The SMILES string of the molecule is CCOC(=O)C(C)(C)Oc1ccc(OCc2cccc(Oc3ccccc3)c2)cc1. The van der Waals surface area contributed by atoms with E-state index in [1.165, 1.54) is 0 Å². The number of rotatable bonds is 9. The fraction of sp³-hybridized carbons (Fsp3) is 0.240. The fourth-order valence-corrected chi connectivity index (χ4v) is 2.74. The molecule has 156 valence electrons. The Morgan fingerprint density at radius 2 is 1.47 bits per heavy atom. The average molecular weight is 406 g/mol. The van der Waals surface area contributed by atoms with Crippen LogP contribution < -0.4 is 14.2 Å². The Labute approximate surface area is 177 Å². The van der Waals surface area contributed by atoms with Crippen LogP contribution in [0.25, 0.3) is 0 Å². The van der Waals surface area contributed by atoms with Gasteiger partial charge in [-0.2, -0.15) is 0 Å². The summed E-state index contributed by atoms with van der Waals surface area (Å²) in [5, 5.41) is 0. The summed E-state index contributed by atoms with van der Waals surface area (Å²) in [6, 6.07) is 24.6. The van der Waals surface area contributed by atoms with E-state index in [4.69, 9.17) is 18.9 Å². The molecule has 3 rings (SSSR count). The number of hydrogen-bond acceptors (Lipinski definition) is 5. The van der Waals surface area contributed by atoms with E-state index >= 15 is 0 Å². The zero-order chi connectivity index (χ0) is 21.4. The lowest BCUT2D eigenvalue weighted by Crippen LogP contribution is -2.39. The molecule has 0 aliphatic rings. The first-order valence-electron chi connectivity index (χ1n) is 9.87. The molecular formula is C25H26O5. The minimum absolute atomic E-state index is 0.315. The molecule has 5 nitrogen and oxygen atoms in total. The summed E-state index contributed by atoms with van der Waals surface area (Å²) in [6.45, 7) is 5.85. The zero-order valence-corrected chi connectivity index (χ0v) is 17.5. The highest BCUT2D eigenvalue weighted by atomic mass is 16.6. The third kappa shape index (κ3) is 6.01. The van der Waals surface area contributed by atoms with Crippen LogP contribution in [0.15, 0.2) is 78.9 Å². The Morgan fingerprint density at radius 3 is 2.17 bits per heavy atom. The van der Waals surface area contributed by atoms with Gasteiger partial charge in [-0.05, 0) is 74.9 Å². The van der Waals surface area contributed by atoms with Gasteiger partial charge in [-0.25, -0.2) is 4.79 Å². The van der Waals surface area contributed by atoms with Gasteiger partial charge in [0.15, 0.2) is 5.60 Å². The summed E-state index contributed by atoms with van der Waals surface area (Å²) >= 11 is 0. The summed E-state index contributed by atoms with van der Waals surface area (Å²) < 4.78 is 22.5. The summed E-state index contributed by atoms with van der Waals surface area (Å²) in [5.74, 6) is 2.41. The van der Waals surface area contributed by atoms with E-state index in [0.29, 0.717) is 24.7 Å². The first-order chi connectivity index (χ1) is 14.5. The highest BCUT2D eigenvalue weighted by molar-refractivity contribution is 5.79. The van der Waals surface area contributed by atoms with Gasteiger partial charge in [0.1, 0.15) is 29.6 Å². The van der Waals surface area contributed by atoms with Crippen molar-refractivity contribution in [1.29, 1.82) is 0 Å². The van der Waals surface area contributed by atoms with Gasteiger partial charge in [-0.15, -0.1) is 0 Å². The van der Waals surface area contributed by atoms with E-state index in [-0.39, 0.29) is 0 Å². The third-order valence-corrected chi connectivity index (χ3v) is 4.25. The van der Waals surface area contributed by atoms with Crippen molar-refractivity contribution in [3.63, 3.8) is 0 Å². The van der Waals surface area contributed by atoms with Crippen LogP contribution in [0.1, 0.15) is 26.3 Å². The molecule has 0 heterocycles. The predicted octanol–water partition coefficient (Wildman–Crippen LogP) is 5.78. The van der Waals surface area contributed by atoms with Crippen molar-refractivity contribution in [3.05, 3.63) is 84.4 Å². The van der Waals surface area contributed by atoms with E-state index in [9.17, 15) is 4.79 Å². The first-order valence-corrected chi connectivity index (χ1v) is 9.87. The Morgan fingerprint density at radius 1 is 0.800 bits per heavy atom. The Bertz CT molecular complexity index is 949. The molecule has 0 saturated heterocycles. The normalized spacial score (nSPS) is 10.9. The molecule has 0 amide bonds. The molecule has 0 aliphatic heterocycles. The Kier molecular flexibility index (Phi) is 6.96. The van der Waals surface area contributed by atoms with Gasteiger partial charge >= 0.3 is 5.97 Å². The first kappa shape index (κ1) is 21.2. The monoisotopic (exact) mass is 406 g/mol. The van der Waals surface area contributed by atoms with Gasteiger partial charge in [0.25, 0.3) is 0 Å². The number of hydrogen-bond donors (Lipinski definition) is 0. The predicted molar refractivity (Wildman–Crippen MR) is 115 cm³/mol. The maximum atomic E-state index is 12.0. The molecule has 0 aliphatic carbocycles. The molecule has 3 aromatic carbocycles. The van der Waals surface area contributed by atoms with Crippen LogP contribution in [0.5, 0.6) is 23.0 Å². The topological polar surface area (TPSA) is 54.0 Å². The maximum Gasteiger partial charge on any atom is 0.349 e. The van der Waals surface area contributed by atoms with Gasteiger partial charge in [0, 0.05) is 0 Å². The van der Waals surface area contributed by atoms with E-state index < -0.39 is 11.6 Å². The molecule has 0 N–H and O–H groups in total. The molecule has 0 bridgehead atoms. The second-order valence-electron chi connectivity index (χ2n) is 7.16. The number of ether oxygens (including phenoxy) is 4. The van der Waals surface area contributed by atoms with Crippen LogP contribution in [0.2, 0.25) is 0 Å². The van der Waals surface area contributed by atoms with Gasteiger partial charge in [-0.1, -0.05) is 30.3 Å². The zero-order valence-electron chi connectivity index (χ0n) is 17.5. The van der Waals surface area contributed by atoms with Gasteiger partial charge in [0.05, 0.1) is 6.61 Å². The molecule has 3 aromatic rings. The lowest BCUT2D eigenvalue weighted by Gasteiger charge is -2.24. The van der Waals surface area contributed by atoms with Crippen molar-refractivity contribution in [2.24, 2.45) is 0 Å². The van der Waals surface area contributed by atoms with Crippen molar-refractivity contribution in [2.45, 2.75) is 33.0 Å². The third-order valence-electron chi connectivity index (χ3n) is 4.25. The molecule has 0 fully saturated rings. The summed E-state index contributed by atoms with van der Waals surface area (Å²) in [5.41, 5.74) is -0.0652. The van der Waals surface area contributed by atoms with Gasteiger partial charge in [-0.3, -0.25) is 0 Å². The largest absolute Gasteiger partial charge is 0.489 e. The standard InChI is InChI=1S/C25H26O5/c1-4-27-24(26)25(2,3)30-22-15-13-20(14-16-22)28-18-19-9-8-12-23(17-19)29-21-10-6-5-7-11-21/h5-17H,4,18H2,1-3H3. The summed E-state index contributed by atoms with van der Waals surface area (Å²) in [6.07, 6.45) is 0. The number of esters is 1. The fourth-order valence-electron chi connectivity index (χ4n) is 2.74. The van der Waals surface area contributed by atoms with Crippen molar-refractivity contribution in [1.82, 2.24) is 0 Å². The number of carbonyl (C=O) groups excluding carboxylic acids is 1. The lowest BCUT2D eigenvalue weighted by atomic mass is 10.1. The molecule has 0 aromatic heterocycles. The van der Waals surface area contributed by atoms with Crippen molar-refractivity contribution in [2.75, 3.05) is 6.61 Å². The summed E-state index contributed by atoms with van der Waals surface area (Å²) in [7, 11) is 0. The van der Waals surface area contributed by atoms with Gasteiger partial charge < -0.3 is 18.9 Å². The second-order valence-corrected chi connectivity index (χ2v) is 7.16. The van der Waals surface area contributed by atoms with Crippen molar-refractivity contribution < 1.29 is 23.7 Å². The lowest BCUT2D eigenvalue weighted by molar-refractivity contribution is -0.158. The van der Waals surface area contributed by atoms with Crippen molar-refractivity contribution >= 4 is 5.97 Å². The maximum absolute atomic E-state index is 12.0. The minimum Gasteiger partial charge on any atom is -0.489 e. The smallest absolute Gasteiger partial charge is 0.349 e. The molecule has 5 heteroatoms. The second kappa shape index (κ2) is 9.83. The minimum atomic E-state index is -1.06. The van der Waals surface area contributed by atoms with Crippen LogP contribution in [-0.4, -0.2) is 18.2 Å². The highest BCUT2D eigenvalue weighted by Gasteiger charge is 2.31. The van der Waals surface area contributed by atoms with E-state index in [2.05, 4.69) is 0 Å². The molecule has 0 spiro atoms. The van der Waals surface area contributed by atoms with Crippen LogP contribution >= 0.6 is 0 Å². The molecule has 0 unspecified atom stereocenters. The molecule has 0 saturated carbocycles. The molecular weight excluding hydrogens is 380 g/mol. The number of benzene rings is 3. The van der Waals surface area contributed by atoms with E-state index in [0.717, 1.165) is 17.1 Å². The van der Waals surface area contributed by atoms with Crippen LogP contribution in [-0.2, 0) is 16.1 Å². The van der Waals surface area contributed by atoms with Crippen molar-refractivity contribution in [3.8, 4) is 23.0 Å². The number of carbonyl (C=O) groups is 1. The van der Waals surface area contributed by atoms with Crippen LogP contribution in [0.3, 0.4) is 0 Å². The summed E-state index contributed by atoms with van der Waals surface area (Å²) in [4.78, 5) is 12.0. The number of para-hydroxylation sites is 1. The van der Waals surface area contributed by atoms with E-state index in [1.54, 1.807) is 45.0 Å². The van der Waals surface area contributed by atoms with Crippen LogP contribution in [0.4, 0.5) is 0 Å². The highest BCUT2D eigenvalue weighted by Crippen LogP contribution is 2.25. The quantitative estimate of drug-likeness (QED) is 0.422. The Hall–Kier alpha value is -3.47. The average Bonchev–Trinajstić information content (AvgIpc) is 2.74. The Balaban J connectivity index is 1.56. The molecule has 30 heavy (non-hydrogen) atoms. The molecule has 0 atom stereocenters.